The fraction of sp³-hybridized carbons (Fsp3) is 0.625. The van der Waals surface area contributed by atoms with E-state index >= 15 is 0 Å². The summed E-state index contributed by atoms with van der Waals surface area (Å²) < 4.78 is 0. The third-order valence-corrected chi connectivity index (χ3v) is 4.23. The van der Waals surface area contributed by atoms with Crippen LogP contribution in [0, 0.1) is 11.8 Å². The summed E-state index contributed by atoms with van der Waals surface area (Å²) in [4.78, 5) is 18.9. The topological polar surface area (TPSA) is 45.2 Å². The summed E-state index contributed by atoms with van der Waals surface area (Å²) in [5, 5.41) is 3.14. The van der Waals surface area contributed by atoms with Crippen LogP contribution in [0.4, 0.5) is 5.82 Å². The Hall–Kier alpha value is -1.58. The molecule has 20 heavy (non-hydrogen) atoms. The van der Waals surface area contributed by atoms with Crippen molar-refractivity contribution < 1.29 is 4.79 Å². The largest absolute Gasteiger partial charge is 0.370 e. The average Bonchev–Trinajstić information content (AvgIpc) is 2.43. The van der Waals surface area contributed by atoms with E-state index in [1.165, 1.54) is 6.42 Å². The molecule has 1 aromatic heterocycles. The molecule has 4 heteroatoms. The van der Waals surface area contributed by atoms with E-state index in [1.54, 1.807) is 6.20 Å². The zero-order valence-electron chi connectivity index (χ0n) is 12.9. The molecule has 0 saturated carbocycles. The Labute approximate surface area is 121 Å². The van der Waals surface area contributed by atoms with Gasteiger partial charge < -0.3 is 10.2 Å². The smallest absolute Gasteiger partial charge is 0.255 e. The molecule has 110 valence electrons. The summed E-state index contributed by atoms with van der Waals surface area (Å²) in [5.41, 5.74) is 0.680. The molecule has 3 atom stereocenters. The highest BCUT2D eigenvalue weighted by Gasteiger charge is 2.32. The van der Waals surface area contributed by atoms with E-state index in [1.807, 2.05) is 24.0 Å². The molecule has 4 nitrogen and oxygen atoms in total. The van der Waals surface area contributed by atoms with Gasteiger partial charge in [-0.05, 0) is 44.2 Å². The van der Waals surface area contributed by atoms with Crippen LogP contribution in [-0.4, -0.2) is 34.9 Å². The molecular weight excluding hydrogens is 250 g/mol. The molecule has 1 amide bonds. The van der Waals surface area contributed by atoms with Gasteiger partial charge in [-0.15, -0.1) is 0 Å². The first-order valence-corrected chi connectivity index (χ1v) is 7.53. The molecule has 2 heterocycles. The summed E-state index contributed by atoms with van der Waals surface area (Å²) in [6, 6.07) is 4.04. The monoisotopic (exact) mass is 275 g/mol. The quantitative estimate of drug-likeness (QED) is 0.922. The van der Waals surface area contributed by atoms with E-state index in [4.69, 9.17) is 0 Å². The highest BCUT2D eigenvalue weighted by molar-refractivity contribution is 5.94. The van der Waals surface area contributed by atoms with Crippen molar-refractivity contribution in [2.45, 2.75) is 40.2 Å². The molecule has 1 fully saturated rings. The molecule has 1 N–H and O–H groups in total. The van der Waals surface area contributed by atoms with E-state index in [-0.39, 0.29) is 5.91 Å². The molecule has 0 aliphatic carbocycles. The van der Waals surface area contributed by atoms with Crippen molar-refractivity contribution >= 4 is 11.7 Å². The van der Waals surface area contributed by atoms with Crippen molar-refractivity contribution in [1.29, 1.82) is 0 Å². The summed E-state index contributed by atoms with van der Waals surface area (Å²) >= 11 is 0. The van der Waals surface area contributed by atoms with Crippen molar-refractivity contribution in [2.75, 3.05) is 18.4 Å². The van der Waals surface area contributed by atoms with Gasteiger partial charge in [-0.2, -0.15) is 0 Å². The first-order valence-electron chi connectivity index (χ1n) is 7.53. The minimum Gasteiger partial charge on any atom is -0.370 e. The number of hydrogen-bond donors (Lipinski definition) is 1. The second-order valence-electron chi connectivity index (χ2n) is 5.98. The Balaban J connectivity index is 2.13. The number of likely N-dealkylation sites (tertiary alicyclic amines) is 1. The maximum atomic E-state index is 12.6. The Morgan fingerprint density at radius 2 is 2.15 bits per heavy atom. The van der Waals surface area contributed by atoms with Gasteiger partial charge in [0.25, 0.3) is 5.91 Å². The Morgan fingerprint density at radius 1 is 1.40 bits per heavy atom. The number of piperidine rings is 1. The van der Waals surface area contributed by atoms with Crippen LogP contribution < -0.4 is 5.32 Å². The Bertz CT molecular complexity index is 457. The van der Waals surface area contributed by atoms with Crippen LogP contribution in [0.15, 0.2) is 18.3 Å². The molecule has 1 aliphatic heterocycles. The number of amides is 1. The van der Waals surface area contributed by atoms with Gasteiger partial charge in [-0.1, -0.05) is 13.8 Å². The van der Waals surface area contributed by atoms with Crippen molar-refractivity contribution in [3.63, 3.8) is 0 Å². The highest BCUT2D eigenvalue weighted by atomic mass is 16.2. The van der Waals surface area contributed by atoms with Gasteiger partial charge in [0.1, 0.15) is 5.82 Å². The normalized spacial score (nSPS) is 26.4. The minimum absolute atomic E-state index is 0.103. The van der Waals surface area contributed by atoms with Gasteiger partial charge in [0.2, 0.25) is 0 Å². The molecule has 2 rings (SSSR count). The van der Waals surface area contributed by atoms with Gasteiger partial charge in [-0.25, -0.2) is 4.98 Å². The van der Waals surface area contributed by atoms with Crippen molar-refractivity contribution in [1.82, 2.24) is 9.88 Å². The summed E-state index contributed by atoms with van der Waals surface area (Å²) in [6.07, 6.45) is 2.87. The standard InChI is InChI=1S/C16H25N3O/c1-5-17-15-7-6-14(9-18-15)16(20)19-10-11(2)8-12(3)13(19)4/h6-7,9,11-13H,5,8,10H2,1-4H3,(H,17,18). The summed E-state index contributed by atoms with van der Waals surface area (Å²) in [6.45, 7) is 10.3. The zero-order chi connectivity index (χ0) is 14.7. The number of rotatable bonds is 3. The summed E-state index contributed by atoms with van der Waals surface area (Å²) in [5.74, 6) is 2.04. The number of carbonyl (C=O) groups excluding carboxylic acids is 1. The third-order valence-electron chi connectivity index (χ3n) is 4.23. The van der Waals surface area contributed by atoms with E-state index in [2.05, 4.69) is 31.1 Å². The predicted molar refractivity (Wildman–Crippen MR) is 81.8 cm³/mol. The third kappa shape index (κ3) is 3.11. The number of hydrogen-bond acceptors (Lipinski definition) is 3. The van der Waals surface area contributed by atoms with E-state index in [0.717, 1.165) is 18.9 Å². The van der Waals surface area contributed by atoms with E-state index in [0.29, 0.717) is 23.4 Å². The van der Waals surface area contributed by atoms with Crippen LogP contribution >= 0.6 is 0 Å². The Morgan fingerprint density at radius 3 is 2.75 bits per heavy atom. The van der Waals surface area contributed by atoms with Gasteiger partial charge >= 0.3 is 0 Å². The summed E-state index contributed by atoms with van der Waals surface area (Å²) in [7, 11) is 0. The van der Waals surface area contributed by atoms with E-state index < -0.39 is 0 Å². The van der Waals surface area contributed by atoms with Gasteiger partial charge in [0.15, 0.2) is 0 Å². The van der Waals surface area contributed by atoms with Crippen LogP contribution in [0.2, 0.25) is 0 Å². The van der Waals surface area contributed by atoms with Gasteiger partial charge in [-0.3, -0.25) is 4.79 Å². The first kappa shape index (κ1) is 14.8. The number of nitrogens with zero attached hydrogens (tertiary/aromatic N) is 2. The van der Waals surface area contributed by atoms with Crippen molar-refractivity contribution in [3.05, 3.63) is 23.9 Å². The SMILES string of the molecule is CCNc1ccc(C(=O)N2CC(C)CC(C)C2C)cn1. The maximum absolute atomic E-state index is 12.6. The lowest BCUT2D eigenvalue weighted by molar-refractivity contribution is 0.0455. The van der Waals surface area contributed by atoms with Crippen LogP contribution in [0.1, 0.15) is 44.5 Å². The lowest BCUT2D eigenvalue weighted by Crippen LogP contribution is -2.48. The van der Waals surface area contributed by atoms with Gasteiger partial charge in [0.05, 0.1) is 5.56 Å². The molecule has 0 spiro atoms. The fourth-order valence-corrected chi connectivity index (χ4v) is 2.96. The molecule has 1 saturated heterocycles. The molecule has 0 bridgehead atoms. The van der Waals surface area contributed by atoms with Crippen LogP contribution in [0.3, 0.4) is 0 Å². The average molecular weight is 275 g/mol. The lowest BCUT2D eigenvalue weighted by Gasteiger charge is -2.41. The Kier molecular flexibility index (Phi) is 4.63. The molecule has 1 aliphatic rings. The number of nitrogens with one attached hydrogen (secondary N) is 1. The van der Waals surface area contributed by atoms with Crippen molar-refractivity contribution in [2.24, 2.45) is 11.8 Å². The molecule has 3 unspecified atom stereocenters. The number of aromatic nitrogens is 1. The fourth-order valence-electron chi connectivity index (χ4n) is 2.96. The highest BCUT2D eigenvalue weighted by Crippen LogP contribution is 2.28. The van der Waals surface area contributed by atoms with Crippen LogP contribution in [-0.2, 0) is 0 Å². The molecule has 1 aromatic rings. The minimum atomic E-state index is 0.103. The first-order chi connectivity index (χ1) is 9.52. The second kappa shape index (κ2) is 6.25. The number of carbonyl (C=O) groups is 1. The lowest BCUT2D eigenvalue weighted by atomic mass is 9.85. The zero-order valence-corrected chi connectivity index (χ0v) is 12.9. The second-order valence-corrected chi connectivity index (χ2v) is 5.98. The van der Waals surface area contributed by atoms with E-state index in [9.17, 15) is 4.79 Å². The van der Waals surface area contributed by atoms with Gasteiger partial charge in [0, 0.05) is 25.3 Å². The molecule has 0 radical (unpaired) electrons. The number of pyridine rings is 1. The van der Waals surface area contributed by atoms with Crippen LogP contribution in [0.25, 0.3) is 0 Å². The number of anilines is 1. The van der Waals surface area contributed by atoms with Crippen molar-refractivity contribution in [3.8, 4) is 0 Å². The predicted octanol–water partition coefficient (Wildman–Crippen LogP) is 3.02. The van der Waals surface area contributed by atoms with Crippen LogP contribution in [0.5, 0.6) is 0 Å². The molecule has 0 aromatic carbocycles. The molecular formula is C16H25N3O. The maximum Gasteiger partial charge on any atom is 0.255 e.